The van der Waals surface area contributed by atoms with Crippen molar-refractivity contribution < 1.29 is 8.84 Å². The first-order chi connectivity index (χ1) is 13.0. The first-order valence-corrected chi connectivity index (χ1v) is 13.9. The molecule has 1 aromatic heterocycles. The normalized spacial score (nSPS) is 15.7. The van der Waals surface area contributed by atoms with Crippen LogP contribution in [0.1, 0.15) is 47.3 Å². The molecule has 0 saturated heterocycles. The average molecular weight is 417 g/mol. The molecule has 1 aromatic carbocycles. The Morgan fingerprint density at radius 3 is 2.18 bits per heavy atom. The lowest BCUT2D eigenvalue weighted by Crippen LogP contribution is -2.46. The summed E-state index contributed by atoms with van der Waals surface area (Å²) in [5.74, 6) is 1.64. The number of furan rings is 1. The van der Waals surface area contributed by atoms with Gasteiger partial charge in [0, 0.05) is 10.8 Å². The second kappa shape index (κ2) is 9.51. The molecule has 0 N–H and O–H groups in total. The lowest BCUT2D eigenvalue weighted by Gasteiger charge is -2.42. The molecule has 2 nitrogen and oxygen atoms in total. The summed E-state index contributed by atoms with van der Waals surface area (Å²) < 4.78 is 12.6. The molecule has 2 aromatic rings. The van der Waals surface area contributed by atoms with Crippen molar-refractivity contribution in [3.05, 3.63) is 60.6 Å². The van der Waals surface area contributed by atoms with E-state index in [1.807, 2.05) is 18.2 Å². The van der Waals surface area contributed by atoms with Crippen LogP contribution in [0.5, 0.6) is 0 Å². The molecule has 2 atom stereocenters. The van der Waals surface area contributed by atoms with E-state index in [-0.39, 0.29) is 17.1 Å². The topological polar surface area (TPSA) is 22.4 Å². The van der Waals surface area contributed by atoms with Gasteiger partial charge in [0.05, 0.1) is 17.3 Å². The highest BCUT2D eigenvalue weighted by Crippen LogP contribution is 2.41. The van der Waals surface area contributed by atoms with Gasteiger partial charge in [0.1, 0.15) is 5.76 Å². The van der Waals surface area contributed by atoms with Crippen molar-refractivity contribution in [2.45, 2.75) is 70.7 Å². The molecule has 0 fully saturated rings. The summed E-state index contributed by atoms with van der Waals surface area (Å²) >= 11 is 1.75. The van der Waals surface area contributed by atoms with Crippen molar-refractivity contribution in [3.63, 3.8) is 0 Å². The van der Waals surface area contributed by atoms with E-state index in [4.69, 9.17) is 8.84 Å². The van der Waals surface area contributed by atoms with Crippen molar-refractivity contribution in [2.24, 2.45) is 11.8 Å². The van der Waals surface area contributed by atoms with E-state index in [0.29, 0.717) is 5.92 Å². The van der Waals surface area contributed by atoms with E-state index in [2.05, 4.69) is 85.0 Å². The van der Waals surface area contributed by atoms with Gasteiger partial charge in [-0.15, -0.1) is 0 Å². The lowest BCUT2D eigenvalue weighted by molar-refractivity contribution is 0.101. The maximum absolute atomic E-state index is 6.85. The zero-order valence-corrected chi connectivity index (χ0v) is 20.5. The van der Waals surface area contributed by atoms with Gasteiger partial charge in [0.15, 0.2) is 8.32 Å². The Balaban J connectivity index is 2.31. The predicted molar refractivity (Wildman–Crippen MR) is 125 cm³/mol. The van der Waals surface area contributed by atoms with E-state index in [9.17, 15) is 0 Å². The van der Waals surface area contributed by atoms with Gasteiger partial charge in [-0.2, -0.15) is 0 Å². The van der Waals surface area contributed by atoms with E-state index in [1.165, 1.54) is 4.90 Å². The summed E-state index contributed by atoms with van der Waals surface area (Å²) in [6, 6.07) is 14.5. The van der Waals surface area contributed by atoms with E-state index < -0.39 is 8.32 Å². The molecular weight excluding hydrogens is 380 g/mol. The van der Waals surface area contributed by atoms with Crippen LogP contribution in [0.4, 0.5) is 0 Å². The third-order valence-electron chi connectivity index (χ3n) is 5.56. The van der Waals surface area contributed by atoms with Crippen LogP contribution in [0.25, 0.3) is 4.91 Å². The van der Waals surface area contributed by atoms with Crippen molar-refractivity contribution in [1.29, 1.82) is 0 Å². The van der Waals surface area contributed by atoms with Crippen molar-refractivity contribution >= 4 is 25.0 Å². The van der Waals surface area contributed by atoms with Crippen LogP contribution >= 0.6 is 11.8 Å². The molecule has 154 valence electrons. The molecule has 4 heteroatoms. The summed E-state index contributed by atoms with van der Waals surface area (Å²) in [6.07, 6.45) is 4.25. The van der Waals surface area contributed by atoms with Crippen molar-refractivity contribution in [3.8, 4) is 0 Å². The fourth-order valence-electron chi connectivity index (χ4n) is 2.90. The molecule has 28 heavy (non-hydrogen) atoms. The molecule has 2 rings (SSSR count). The first kappa shape index (κ1) is 23.0. The summed E-state index contributed by atoms with van der Waals surface area (Å²) in [7, 11) is -1.84. The molecule has 0 spiro atoms. The Labute approximate surface area is 176 Å². The molecule has 0 radical (unpaired) electrons. The van der Waals surface area contributed by atoms with Gasteiger partial charge in [0.2, 0.25) is 0 Å². The fraction of sp³-hybridized carbons (Fsp3) is 0.500. The second-order valence-electron chi connectivity index (χ2n) is 9.37. The van der Waals surface area contributed by atoms with Crippen LogP contribution < -0.4 is 0 Å². The average Bonchev–Trinajstić information content (AvgIpc) is 3.13. The Kier molecular flexibility index (Phi) is 7.83. The number of benzene rings is 1. The van der Waals surface area contributed by atoms with Gasteiger partial charge in [0.25, 0.3) is 0 Å². The van der Waals surface area contributed by atoms with Gasteiger partial charge < -0.3 is 8.84 Å². The molecule has 0 unspecified atom stereocenters. The second-order valence-corrected chi connectivity index (χ2v) is 15.2. The zero-order valence-electron chi connectivity index (χ0n) is 18.7. The Morgan fingerprint density at radius 2 is 1.68 bits per heavy atom. The van der Waals surface area contributed by atoms with Crippen LogP contribution in [0.2, 0.25) is 18.1 Å². The van der Waals surface area contributed by atoms with Crippen molar-refractivity contribution in [2.75, 3.05) is 0 Å². The largest absolute Gasteiger partial charge is 0.464 e. The van der Waals surface area contributed by atoms with Crippen LogP contribution in [-0.2, 0) is 4.43 Å². The Bertz CT molecular complexity index is 743. The summed E-state index contributed by atoms with van der Waals surface area (Å²) in [4.78, 5) is 2.36. The van der Waals surface area contributed by atoms with Crippen molar-refractivity contribution in [1.82, 2.24) is 0 Å². The molecule has 0 amide bonds. The lowest BCUT2D eigenvalue weighted by atomic mass is 9.94. The van der Waals surface area contributed by atoms with E-state index in [0.717, 1.165) is 10.7 Å². The Hall–Kier alpha value is -1.23. The standard InChI is InChI=1S/C24H36O2SSi/c1-18(2)23(26-28(7,8)24(4,5)6)19(3)17-22(21-15-12-16-25-21)27-20-13-10-9-11-14-20/h9-19,23H,1-8H3/b22-17-/t19-,23+/m0/s1. The Morgan fingerprint density at radius 1 is 1.04 bits per heavy atom. The molecule has 0 aliphatic carbocycles. The van der Waals surface area contributed by atoms with E-state index >= 15 is 0 Å². The third-order valence-corrected chi connectivity index (χ3v) is 11.1. The third kappa shape index (κ3) is 6.13. The molecule has 1 heterocycles. The summed E-state index contributed by atoms with van der Waals surface area (Å²) in [6.45, 7) is 18.4. The highest BCUT2D eigenvalue weighted by molar-refractivity contribution is 8.08. The molecule has 0 saturated carbocycles. The van der Waals surface area contributed by atoms with Crippen LogP contribution in [-0.4, -0.2) is 14.4 Å². The number of rotatable bonds is 8. The number of thioether (sulfide) groups is 1. The minimum absolute atomic E-state index is 0.183. The molecular formula is C24H36O2SSi. The van der Waals surface area contributed by atoms with Crippen LogP contribution in [0, 0.1) is 11.8 Å². The highest BCUT2D eigenvalue weighted by atomic mass is 32.2. The number of hydrogen-bond donors (Lipinski definition) is 0. The van der Waals surface area contributed by atoms with Gasteiger partial charge in [-0.25, -0.2) is 0 Å². The van der Waals surface area contributed by atoms with E-state index in [1.54, 1.807) is 18.0 Å². The summed E-state index contributed by atoms with van der Waals surface area (Å²) in [5, 5.41) is 0.201. The minimum atomic E-state index is -1.84. The van der Waals surface area contributed by atoms with Gasteiger partial charge >= 0.3 is 0 Å². The zero-order chi connectivity index (χ0) is 20.9. The number of hydrogen-bond acceptors (Lipinski definition) is 3. The smallest absolute Gasteiger partial charge is 0.192 e. The maximum Gasteiger partial charge on any atom is 0.192 e. The predicted octanol–water partition coefficient (Wildman–Crippen LogP) is 8.10. The fourth-order valence-corrected chi connectivity index (χ4v) is 5.47. The SMILES string of the molecule is CC(C)[C@@H](O[Si](C)(C)C(C)(C)C)[C@@H](C)/C=C(\Sc1ccccc1)c1ccco1. The molecule has 0 aliphatic heterocycles. The minimum Gasteiger partial charge on any atom is -0.464 e. The quantitative estimate of drug-likeness (QED) is 0.320. The van der Waals surface area contributed by atoms with Gasteiger partial charge in [-0.05, 0) is 48.3 Å². The van der Waals surface area contributed by atoms with Crippen LogP contribution in [0.3, 0.4) is 0 Å². The van der Waals surface area contributed by atoms with Crippen LogP contribution in [0.15, 0.2) is 64.1 Å². The molecule has 0 bridgehead atoms. The highest BCUT2D eigenvalue weighted by Gasteiger charge is 2.40. The van der Waals surface area contributed by atoms with Gasteiger partial charge in [-0.3, -0.25) is 0 Å². The van der Waals surface area contributed by atoms with Gasteiger partial charge in [-0.1, -0.05) is 77.6 Å². The molecule has 0 aliphatic rings. The summed E-state index contributed by atoms with van der Waals surface area (Å²) in [5.41, 5.74) is 0. The monoisotopic (exact) mass is 416 g/mol. The maximum atomic E-state index is 6.85. The first-order valence-electron chi connectivity index (χ1n) is 10.2.